The third-order valence-electron chi connectivity index (χ3n) is 3.27. The van der Waals surface area contributed by atoms with Crippen LogP contribution in [0, 0.1) is 13.8 Å². The van der Waals surface area contributed by atoms with Gasteiger partial charge in [0.1, 0.15) is 0 Å². The zero-order valence-electron chi connectivity index (χ0n) is 11.8. The summed E-state index contributed by atoms with van der Waals surface area (Å²) in [6.45, 7) is 10.6. The van der Waals surface area contributed by atoms with E-state index in [2.05, 4.69) is 46.8 Å². The van der Waals surface area contributed by atoms with Gasteiger partial charge in [-0.1, -0.05) is 32.4 Å². The van der Waals surface area contributed by atoms with Crippen molar-refractivity contribution in [3.05, 3.63) is 40.6 Å². The summed E-state index contributed by atoms with van der Waals surface area (Å²) in [5.74, 6) is 0. The molecule has 1 aromatic heterocycles. The van der Waals surface area contributed by atoms with Crippen molar-refractivity contribution in [2.24, 2.45) is 0 Å². The van der Waals surface area contributed by atoms with Crippen LogP contribution in [0.1, 0.15) is 43.2 Å². The van der Waals surface area contributed by atoms with Gasteiger partial charge in [0.15, 0.2) is 0 Å². The topological polar surface area (TPSA) is 33.1 Å². The lowest BCUT2D eigenvalue weighted by Crippen LogP contribution is -2.14. The van der Waals surface area contributed by atoms with Crippen LogP contribution < -0.4 is 0 Å². The van der Waals surface area contributed by atoms with Gasteiger partial charge in [0.2, 0.25) is 0 Å². The molecule has 0 amide bonds. The molecule has 0 bridgehead atoms. The van der Waals surface area contributed by atoms with Crippen molar-refractivity contribution < 1.29 is 5.11 Å². The summed E-state index contributed by atoms with van der Waals surface area (Å²) < 4.78 is 0. The van der Waals surface area contributed by atoms with E-state index in [1.807, 2.05) is 6.07 Å². The number of benzene rings is 1. The van der Waals surface area contributed by atoms with E-state index in [0.717, 1.165) is 22.2 Å². The molecule has 0 aliphatic carbocycles. The fraction of sp³-hybridized carbons (Fsp3) is 0.438. The Labute approximate surface area is 109 Å². The third kappa shape index (κ3) is 2.25. The summed E-state index contributed by atoms with van der Waals surface area (Å²) >= 11 is 0. The maximum absolute atomic E-state index is 9.58. The summed E-state index contributed by atoms with van der Waals surface area (Å²) in [5.41, 5.74) is 5.39. The van der Waals surface area contributed by atoms with Gasteiger partial charge in [-0.2, -0.15) is 0 Å². The number of aromatic nitrogens is 1. The molecule has 0 radical (unpaired) electrons. The summed E-state index contributed by atoms with van der Waals surface area (Å²) in [5, 5.41) is 10.7. The predicted molar refractivity (Wildman–Crippen MR) is 75.8 cm³/mol. The summed E-state index contributed by atoms with van der Waals surface area (Å²) in [7, 11) is 0. The van der Waals surface area contributed by atoms with Gasteiger partial charge in [0, 0.05) is 16.5 Å². The van der Waals surface area contributed by atoms with Crippen LogP contribution in [-0.2, 0) is 12.0 Å². The Kier molecular flexibility index (Phi) is 3.16. The van der Waals surface area contributed by atoms with Crippen molar-refractivity contribution in [3.63, 3.8) is 0 Å². The van der Waals surface area contributed by atoms with E-state index in [9.17, 15) is 5.11 Å². The van der Waals surface area contributed by atoms with Crippen molar-refractivity contribution in [2.45, 2.75) is 46.6 Å². The van der Waals surface area contributed by atoms with E-state index in [0.29, 0.717) is 0 Å². The molecule has 0 spiro atoms. The van der Waals surface area contributed by atoms with Crippen molar-refractivity contribution in [1.29, 1.82) is 0 Å². The van der Waals surface area contributed by atoms with Crippen LogP contribution in [0.15, 0.2) is 18.2 Å². The largest absolute Gasteiger partial charge is 0.392 e. The fourth-order valence-electron chi connectivity index (χ4n) is 2.26. The van der Waals surface area contributed by atoms with E-state index < -0.39 is 0 Å². The van der Waals surface area contributed by atoms with Crippen molar-refractivity contribution in [1.82, 2.24) is 4.98 Å². The number of rotatable bonds is 1. The number of aliphatic hydroxyl groups excluding tert-OH is 1. The van der Waals surface area contributed by atoms with Crippen molar-refractivity contribution >= 4 is 10.9 Å². The van der Waals surface area contributed by atoms with Crippen LogP contribution in [0.4, 0.5) is 0 Å². The highest BCUT2D eigenvalue weighted by atomic mass is 16.3. The molecule has 1 N–H and O–H groups in total. The Hall–Kier alpha value is -1.41. The van der Waals surface area contributed by atoms with Crippen LogP contribution in [0.3, 0.4) is 0 Å². The molecule has 0 aliphatic heterocycles. The van der Waals surface area contributed by atoms with Crippen LogP contribution >= 0.6 is 0 Å². The zero-order valence-corrected chi connectivity index (χ0v) is 11.8. The molecule has 2 heteroatoms. The molecule has 0 fully saturated rings. The maximum Gasteiger partial charge on any atom is 0.0738 e. The van der Waals surface area contributed by atoms with Gasteiger partial charge in [-0.05, 0) is 37.1 Å². The standard InChI is InChI=1S/C16H21NO/c1-10-6-11(2)15-13(7-10)12(9-18)8-14(17-15)16(3,4)5/h6-8,18H,9H2,1-5H3. The van der Waals surface area contributed by atoms with Crippen LogP contribution in [0.5, 0.6) is 0 Å². The minimum atomic E-state index is -0.00453. The van der Waals surface area contributed by atoms with Gasteiger partial charge in [-0.3, -0.25) is 4.98 Å². The second-order valence-electron chi connectivity index (χ2n) is 6.05. The molecular formula is C16H21NO. The highest BCUT2D eigenvalue weighted by Gasteiger charge is 2.18. The van der Waals surface area contributed by atoms with Crippen molar-refractivity contribution in [2.75, 3.05) is 0 Å². The summed E-state index contributed by atoms with van der Waals surface area (Å²) in [4.78, 5) is 4.78. The number of nitrogens with zero attached hydrogens (tertiary/aromatic N) is 1. The van der Waals surface area contributed by atoms with E-state index >= 15 is 0 Å². The SMILES string of the molecule is Cc1cc(C)c2nc(C(C)(C)C)cc(CO)c2c1. The van der Waals surface area contributed by atoms with E-state index in [1.54, 1.807) is 0 Å². The number of aliphatic hydroxyl groups is 1. The Morgan fingerprint density at radius 3 is 2.33 bits per heavy atom. The Morgan fingerprint density at radius 1 is 1.11 bits per heavy atom. The Balaban J connectivity index is 2.84. The maximum atomic E-state index is 9.58. The molecule has 0 saturated heterocycles. The van der Waals surface area contributed by atoms with Gasteiger partial charge in [0.05, 0.1) is 12.1 Å². The molecule has 18 heavy (non-hydrogen) atoms. The average Bonchev–Trinajstić information content (AvgIpc) is 2.26. The molecule has 0 aliphatic rings. The number of hydrogen-bond acceptors (Lipinski definition) is 2. The first-order chi connectivity index (χ1) is 8.32. The molecule has 96 valence electrons. The lowest BCUT2D eigenvalue weighted by molar-refractivity contribution is 0.283. The highest BCUT2D eigenvalue weighted by Crippen LogP contribution is 2.28. The number of aryl methyl sites for hydroxylation is 2. The quantitative estimate of drug-likeness (QED) is 0.829. The molecule has 0 saturated carbocycles. The average molecular weight is 243 g/mol. The van der Waals surface area contributed by atoms with E-state index in [4.69, 9.17) is 4.98 Å². The first-order valence-corrected chi connectivity index (χ1v) is 6.35. The predicted octanol–water partition coefficient (Wildman–Crippen LogP) is 3.64. The Morgan fingerprint density at radius 2 is 1.78 bits per heavy atom. The second kappa shape index (κ2) is 4.36. The van der Waals surface area contributed by atoms with Gasteiger partial charge in [0.25, 0.3) is 0 Å². The minimum Gasteiger partial charge on any atom is -0.392 e. The Bertz CT molecular complexity index is 594. The molecule has 2 nitrogen and oxygen atoms in total. The first kappa shape index (κ1) is 13.0. The molecule has 2 aromatic rings. The number of fused-ring (bicyclic) bond motifs is 1. The number of pyridine rings is 1. The van der Waals surface area contributed by atoms with Gasteiger partial charge < -0.3 is 5.11 Å². The zero-order chi connectivity index (χ0) is 13.5. The highest BCUT2D eigenvalue weighted by molar-refractivity contribution is 5.86. The van der Waals surface area contributed by atoms with Gasteiger partial charge in [-0.15, -0.1) is 0 Å². The molecule has 2 rings (SSSR count). The molecule has 1 aromatic carbocycles. The molecule has 1 heterocycles. The third-order valence-corrected chi connectivity index (χ3v) is 3.27. The van der Waals surface area contributed by atoms with Gasteiger partial charge >= 0.3 is 0 Å². The molecular weight excluding hydrogens is 222 g/mol. The second-order valence-corrected chi connectivity index (χ2v) is 6.05. The first-order valence-electron chi connectivity index (χ1n) is 6.35. The smallest absolute Gasteiger partial charge is 0.0738 e. The normalized spacial score (nSPS) is 12.1. The lowest BCUT2D eigenvalue weighted by Gasteiger charge is -2.20. The van der Waals surface area contributed by atoms with Gasteiger partial charge in [-0.25, -0.2) is 0 Å². The van der Waals surface area contributed by atoms with E-state index in [1.165, 1.54) is 11.1 Å². The summed E-state index contributed by atoms with van der Waals surface area (Å²) in [6, 6.07) is 6.28. The summed E-state index contributed by atoms with van der Waals surface area (Å²) in [6.07, 6.45) is 0. The fourth-order valence-corrected chi connectivity index (χ4v) is 2.26. The minimum absolute atomic E-state index is 0.00453. The van der Waals surface area contributed by atoms with Crippen LogP contribution in [0.25, 0.3) is 10.9 Å². The molecule has 0 unspecified atom stereocenters. The van der Waals surface area contributed by atoms with Crippen LogP contribution in [-0.4, -0.2) is 10.1 Å². The monoisotopic (exact) mass is 243 g/mol. The number of hydrogen-bond donors (Lipinski definition) is 1. The van der Waals surface area contributed by atoms with Crippen molar-refractivity contribution in [3.8, 4) is 0 Å². The molecule has 0 atom stereocenters. The van der Waals surface area contributed by atoms with Crippen LogP contribution in [0.2, 0.25) is 0 Å². The lowest BCUT2D eigenvalue weighted by atomic mass is 9.89. The van der Waals surface area contributed by atoms with E-state index in [-0.39, 0.29) is 12.0 Å².